The van der Waals surface area contributed by atoms with Crippen LogP contribution in [0.5, 0.6) is 0 Å². The molecule has 5 heteroatoms. The van der Waals surface area contributed by atoms with Gasteiger partial charge in [-0.2, -0.15) is 0 Å². The van der Waals surface area contributed by atoms with E-state index in [9.17, 15) is 9.59 Å². The van der Waals surface area contributed by atoms with Gasteiger partial charge >= 0.3 is 5.97 Å². The number of pyridine rings is 2. The second-order valence-corrected chi connectivity index (χ2v) is 5.40. The van der Waals surface area contributed by atoms with Gasteiger partial charge in [-0.1, -0.05) is 0 Å². The van der Waals surface area contributed by atoms with Crippen molar-refractivity contribution in [2.24, 2.45) is 0 Å². The van der Waals surface area contributed by atoms with E-state index < -0.39 is 11.6 Å². The van der Waals surface area contributed by atoms with Crippen LogP contribution in [0, 0.1) is 0 Å². The number of ether oxygens (including phenoxy) is 1. The molecular weight excluding hydrogens is 256 g/mol. The van der Waals surface area contributed by atoms with Gasteiger partial charge in [0.2, 0.25) is 5.56 Å². The molecule has 0 unspecified atom stereocenters. The Kier molecular flexibility index (Phi) is 3.70. The van der Waals surface area contributed by atoms with Crippen LogP contribution < -0.4 is 5.56 Å². The lowest BCUT2D eigenvalue weighted by molar-refractivity contribution is -0.148. The maximum Gasteiger partial charge on any atom is 0.331 e. The Morgan fingerprint density at radius 2 is 2.10 bits per heavy atom. The van der Waals surface area contributed by atoms with Crippen LogP contribution in [0.25, 0.3) is 17.1 Å². The summed E-state index contributed by atoms with van der Waals surface area (Å²) in [5.41, 5.74) is 0.576. The van der Waals surface area contributed by atoms with Gasteiger partial charge in [0, 0.05) is 23.7 Å². The van der Waals surface area contributed by atoms with Gasteiger partial charge in [-0.05, 0) is 44.5 Å². The molecule has 0 amide bonds. The Morgan fingerprint density at radius 1 is 1.35 bits per heavy atom. The molecule has 0 radical (unpaired) electrons. The van der Waals surface area contributed by atoms with E-state index in [-0.39, 0.29) is 5.56 Å². The van der Waals surface area contributed by atoms with Crippen molar-refractivity contribution in [2.45, 2.75) is 26.4 Å². The standard InChI is InChI=1S/C15H16N2O3/c1-15(2,3)20-13(19)7-4-10-8-11-5-6-12(18)17-14(11)16-9-10/h4-9H,1-3H3,(H,16,17,18)/b7-4+. The first-order valence-corrected chi connectivity index (χ1v) is 6.24. The number of nitrogens with one attached hydrogen (secondary N) is 1. The van der Waals surface area contributed by atoms with E-state index in [1.54, 1.807) is 18.3 Å². The molecule has 5 nitrogen and oxygen atoms in total. The highest BCUT2D eigenvalue weighted by molar-refractivity contribution is 5.88. The fourth-order valence-electron chi connectivity index (χ4n) is 1.65. The second kappa shape index (κ2) is 5.28. The third kappa shape index (κ3) is 3.78. The molecule has 0 fully saturated rings. The molecule has 0 atom stereocenters. The fraction of sp³-hybridized carbons (Fsp3) is 0.267. The number of aromatic nitrogens is 2. The smallest absolute Gasteiger partial charge is 0.331 e. The van der Waals surface area contributed by atoms with Gasteiger partial charge < -0.3 is 9.72 Å². The highest BCUT2D eigenvalue weighted by Gasteiger charge is 2.13. The molecule has 0 aromatic carbocycles. The normalized spacial score (nSPS) is 11.9. The topological polar surface area (TPSA) is 72.0 Å². The summed E-state index contributed by atoms with van der Waals surface area (Å²) in [6.07, 6.45) is 4.57. The van der Waals surface area contributed by atoms with E-state index in [0.717, 1.165) is 10.9 Å². The summed E-state index contributed by atoms with van der Waals surface area (Å²) in [4.78, 5) is 29.5. The van der Waals surface area contributed by atoms with Crippen molar-refractivity contribution in [3.63, 3.8) is 0 Å². The molecule has 0 bridgehead atoms. The number of aromatic amines is 1. The van der Waals surface area contributed by atoms with Gasteiger partial charge in [0.1, 0.15) is 11.2 Å². The first-order valence-electron chi connectivity index (χ1n) is 6.24. The van der Waals surface area contributed by atoms with Gasteiger partial charge in [-0.25, -0.2) is 9.78 Å². The average molecular weight is 272 g/mol. The predicted molar refractivity (Wildman–Crippen MR) is 77.2 cm³/mol. The zero-order valence-corrected chi connectivity index (χ0v) is 11.6. The summed E-state index contributed by atoms with van der Waals surface area (Å²) in [5, 5.41) is 0.802. The molecule has 20 heavy (non-hydrogen) atoms. The fourth-order valence-corrected chi connectivity index (χ4v) is 1.65. The number of hydrogen-bond acceptors (Lipinski definition) is 4. The van der Waals surface area contributed by atoms with Gasteiger partial charge in [-0.3, -0.25) is 4.79 Å². The van der Waals surface area contributed by atoms with Gasteiger partial charge in [0.25, 0.3) is 0 Å². The summed E-state index contributed by atoms with van der Waals surface area (Å²) >= 11 is 0. The van der Waals surface area contributed by atoms with Crippen molar-refractivity contribution in [1.29, 1.82) is 0 Å². The molecule has 2 rings (SSSR count). The van der Waals surface area contributed by atoms with Gasteiger partial charge in [0.15, 0.2) is 0 Å². The van der Waals surface area contributed by atoms with E-state index in [2.05, 4.69) is 9.97 Å². The zero-order valence-electron chi connectivity index (χ0n) is 11.6. The van der Waals surface area contributed by atoms with Crippen LogP contribution in [0.2, 0.25) is 0 Å². The molecule has 2 aromatic rings. The maximum atomic E-state index is 11.6. The number of nitrogens with zero attached hydrogens (tertiary/aromatic N) is 1. The van der Waals surface area contributed by atoms with Crippen molar-refractivity contribution in [2.75, 3.05) is 0 Å². The first-order chi connectivity index (χ1) is 9.33. The minimum Gasteiger partial charge on any atom is -0.457 e. The van der Waals surface area contributed by atoms with Crippen molar-refractivity contribution < 1.29 is 9.53 Å². The van der Waals surface area contributed by atoms with E-state index in [1.165, 1.54) is 12.1 Å². The summed E-state index contributed by atoms with van der Waals surface area (Å²) < 4.78 is 5.17. The molecular formula is C15H16N2O3. The van der Waals surface area contributed by atoms with E-state index in [4.69, 9.17) is 4.74 Å². The molecule has 2 heterocycles. The summed E-state index contributed by atoms with van der Waals surface area (Å²) in [6, 6.07) is 4.95. The number of H-pyrrole nitrogens is 1. The molecule has 0 saturated carbocycles. The van der Waals surface area contributed by atoms with Crippen molar-refractivity contribution >= 4 is 23.1 Å². The van der Waals surface area contributed by atoms with Crippen molar-refractivity contribution in [3.8, 4) is 0 Å². The predicted octanol–water partition coefficient (Wildman–Crippen LogP) is 2.28. The zero-order chi connectivity index (χ0) is 14.8. The highest BCUT2D eigenvalue weighted by atomic mass is 16.6. The van der Waals surface area contributed by atoms with E-state index in [1.807, 2.05) is 26.8 Å². The molecule has 0 aliphatic heterocycles. The third-order valence-corrected chi connectivity index (χ3v) is 2.41. The molecule has 104 valence electrons. The molecule has 0 aliphatic rings. The number of fused-ring (bicyclic) bond motifs is 1. The number of rotatable bonds is 2. The van der Waals surface area contributed by atoms with Gasteiger partial charge in [-0.15, -0.1) is 0 Å². The molecule has 2 aromatic heterocycles. The number of carbonyl (C=O) groups is 1. The second-order valence-electron chi connectivity index (χ2n) is 5.40. The quantitative estimate of drug-likeness (QED) is 0.672. The van der Waals surface area contributed by atoms with Gasteiger partial charge in [0.05, 0.1) is 0 Å². The van der Waals surface area contributed by atoms with Crippen LogP contribution in [0.4, 0.5) is 0 Å². The third-order valence-electron chi connectivity index (χ3n) is 2.41. The van der Waals surface area contributed by atoms with Crippen molar-refractivity contribution in [1.82, 2.24) is 9.97 Å². The highest BCUT2D eigenvalue weighted by Crippen LogP contribution is 2.11. The Morgan fingerprint density at radius 3 is 2.80 bits per heavy atom. The van der Waals surface area contributed by atoms with Crippen LogP contribution in [0.15, 0.2) is 35.3 Å². The monoisotopic (exact) mass is 272 g/mol. The van der Waals surface area contributed by atoms with Crippen LogP contribution >= 0.6 is 0 Å². The van der Waals surface area contributed by atoms with Crippen LogP contribution in [0.3, 0.4) is 0 Å². The lowest BCUT2D eigenvalue weighted by Crippen LogP contribution is -2.22. The molecule has 0 spiro atoms. The minimum absolute atomic E-state index is 0.193. The molecule has 1 N–H and O–H groups in total. The first kappa shape index (κ1) is 14.0. The summed E-state index contributed by atoms with van der Waals surface area (Å²) in [7, 11) is 0. The summed E-state index contributed by atoms with van der Waals surface area (Å²) in [5.74, 6) is -0.404. The van der Waals surface area contributed by atoms with E-state index in [0.29, 0.717) is 5.65 Å². The molecule has 0 saturated heterocycles. The number of hydrogen-bond donors (Lipinski definition) is 1. The van der Waals surface area contributed by atoms with Crippen LogP contribution in [0.1, 0.15) is 26.3 Å². The molecule has 0 aliphatic carbocycles. The number of carbonyl (C=O) groups excluding carboxylic acids is 1. The Hall–Kier alpha value is -2.43. The van der Waals surface area contributed by atoms with Crippen LogP contribution in [-0.4, -0.2) is 21.5 Å². The lowest BCUT2D eigenvalue weighted by atomic mass is 10.2. The van der Waals surface area contributed by atoms with E-state index >= 15 is 0 Å². The Balaban J connectivity index is 2.20. The number of esters is 1. The average Bonchev–Trinajstić information content (AvgIpc) is 2.34. The van der Waals surface area contributed by atoms with Crippen molar-refractivity contribution in [3.05, 3.63) is 46.4 Å². The summed E-state index contributed by atoms with van der Waals surface area (Å²) in [6.45, 7) is 5.44. The Labute approximate surface area is 116 Å². The largest absolute Gasteiger partial charge is 0.457 e. The maximum absolute atomic E-state index is 11.6. The van der Waals surface area contributed by atoms with Crippen LogP contribution in [-0.2, 0) is 9.53 Å². The SMILES string of the molecule is CC(C)(C)OC(=O)/C=C/c1cnc2[nH]c(=O)ccc2c1. The lowest BCUT2D eigenvalue weighted by Gasteiger charge is -2.17. The Bertz CT molecular complexity index is 724. The minimum atomic E-state index is -0.511.